The van der Waals surface area contributed by atoms with Crippen molar-refractivity contribution in [2.45, 2.75) is 86.4 Å². The molecule has 1 unspecified atom stereocenters. The molecule has 8 rings (SSSR count). The first kappa shape index (κ1) is 28.0. The van der Waals surface area contributed by atoms with E-state index in [9.17, 15) is 27.0 Å². The molecule has 0 spiro atoms. The summed E-state index contributed by atoms with van der Waals surface area (Å²) in [5.41, 5.74) is 2.62. The number of rotatable bonds is 9. The largest absolute Gasteiger partial charge is 0.394 e. The number of sulfone groups is 1. The van der Waals surface area contributed by atoms with Crippen LogP contribution in [-0.2, 0) is 31.7 Å². The lowest BCUT2D eigenvalue weighted by atomic mass is 9.54. The van der Waals surface area contributed by atoms with E-state index in [2.05, 4.69) is 4.98 Å². The number of aliphatic hydroxyl groups is 2. The summed E-state index contributed by atoms with van der Waals surface area (Å²) in [7, 11) is -6.98. The van der Waals surface area contributed by atoms with Crippen LogP contribution in [0, 0.1) is 12.3 Å². The molecule has 4 aliphatic carbocycles. The summed E-state index contributed by atoms with van der Waals surface area (Å²) in [4.78, 5) is 9.81. The molecule has 1 aromatic carbocycles. The molecule has 0 radical (unpaired) electrons. The van der Waals surface area contributed by atoms with E-state index in [-0.39, 0.29) is 38.8 Å². The molecule has 224 valence electrons. The van der Waals surface area contributed by atoms with Crippen molar-refractivity contribution in [2.24, 2.45) is 5.41 Å². The maximum atomic E-state index is 13.6. The van der Waals surface area contributed by atoms with Gasteiger partial charge in [-0.1, -0.05) is 17.7 Å². The molecule has 0 amide bonds. The minimum Gasteiger partial charge on any atom is -0.394 e. The standard InChI is InChI=1S/C30H36N4O6S2/c1-20-2-4-23(5-3-20)42(39,40)33-15-8-25-27(33)31-17-26-24(16-21(36)18-35)32-28(34(25)26)30-12-9-29(10-13-30,11-14-30)19-41(37,38)22-6-7-22/h2-5,8,15,17,21-22,35-36H,6-7,9-14,16,18-19H2,1H3. The number of benzene rings is 1. The summed E-state index contributed by atoms with van der Waals surface area (Å²) < 4.78 is 56.3. The smallest absolute Gasteiger partial charge is 0.269 e. The molecule has 4 saturated carbocycles. The molecule has 3 aromatic heterocycles. The fraction of sp³-hybridized carbons (Fsp3) is 0.533. The SMILES string of the molecule is Cc1ccc(S(=O)(=O)n2ccc3c2ncc2c(CC(O)CO)nc(C45CCC(CS(=O)(=O)C6CC6)(CC4)CC5)n23)cc1. The molecule has 10 nitrogen and oxygen atoms in total. The maximum absolute atomic E-state index is 13.6. The molecule has 12 heteroatoms. The summed E-state index contributed by atoms with van der Waals surface area (Å²) in [6.45, 7) is 1.50. The first-order valence-corrected chi connectivity index (χ1v) is 17.8. The number of nitrogens with zero attached hydrogens (tertiary/aromatic N) is 4. The van der Waals surface area contributed by atoms with Crippen molar-refractivity contribution in [1.29, 1.82) is 0 Å². The third-order valence-corrected chi connectivity index (χ3v) is 14.2. The molecular formula is C30H36N4O6S2. The van der Waals surface area contributed by atoms with Gasteiger partial charge < -0.3 is 10.2 Å². The Morgan fingerprint density at radius 3 is 2.26 bits per heavy atom. The van der Waals surface area contributed by atoms with Crippen LogP contribution in [0.3, 0.4) is 0 Å². The van der Waals surface area contributed by atoms with Crippen LogP contribution in [0.2, 0.25) is 0 Å². The highest BCUT2D eigenvalue weighted by molar-refractivity contribution is 7.92. The number of fused-ring (bicyclic) bond motifs is 6. The molecule has 0 aliphatic heterocycles. The third-order valence-electron chi connectivity index (χ3n) is 9.98. The zero-order chi connectivity index (χ0) is 29.5. The molecule has 0 saturated heterocycles. The molecule has 4 aliphatic rings. The lowest BCUT2D eigenvalue weighted by Crippen LogP contribution is -2.48. The monoisotopic (exact) mass is 612 g/mol. The van der Waals surface area contributed by atoms with Crippen LogP contribution >= 0.6 is 0 Å². The molecule has 1 atom stereocenters. The number of imidazole rings is 1. The van der Waals surface area contributed by atoms with Crippen molar-refractivity contribution in [1.82, 2.24) is 18.3 Å². The number of aromatic nitrogens is 4. The Bertz CT molecular complexity index is 1880. The van der Waals surface area contributed by atoms with E-state index in [1.165, 1.54) is 10.2 Å². The second-order valence-corrected chi connectivity index (χ2v) is 16.9. The maximum Gasteiger partial charge on any atom is 0.269 e. The van der Waals surface area contributed by atoms with Crippen LogP contribution in [0.5, 0.6) is 0 Å². The van der Waals surface area contributed by atoms with Crippen molar-refractivity contribution in [3.63, 3.8) is 0 Å². The molecular weight excluding hydrogens is 576 g/mol. The van der Waals surface area contributed by atoms with Crippen molar-refractivity contribution in [2.75, 3.05) is 12.4 Å². The summed E-state index contributed by atoms with van der Waals surface area (Å²) >= 11 is 0. The van der Waals surface area contributed by atoms with Gasteiger partial charge in [0.2, 0.25) is 0 Å². The Balaban J connectivity index is 1.33. The highest BCUT2D eigenvalue weighted by Gasteiger charge is 2.54. The molecule has 2 N–H and O–H groups in total. The van der Waals surface area contributed by atoms with E-state index in [4.69, 9.17) is 4.98 Å². The van der Waals surface area contributed by atoms with Gasteiger partial charge in [0.15, 0.2) is 15.5 Å². The van der Waals surface area contributed by atoms with E-state index in [0.717, 1.165) is 62.8 Å². The summed E-state index contributed by atoms with van der Waals surface area (Å²) in [5, 5.41) is 19.7. The van der Waals surface area contributed by atoms with Crippen molar-refractivity contribution in [3.8, 4) is 0 Å². The molecule has 3 heterocycles. The predicted octanol–water partition coefficient (Wildman–Crippen LogP) is 3.29. The average molecular weight is 613 g/mol. The van der Waals surface area contributed by atoms with E-state index in [1.54, 1.807) is 36.5 Å². The first-order chi connectivity index (χ1) is 20.0. The van der Waals surface area contributed by atoms with Crippen molar-refractivity contribution < 1.29 is 27.0 Å². The van der Waals surface area contributed by atoms with E-state index in [0.29, 0.717) is 16.7 Å². The Kier molecular flexibility index (Phi) is 6.40. The number of aliphatic hydroxyl groups excluding tert-OH is 2. The van der Waals surface area contributed by atoms with Gasteiger partial charge in [0, 0.05) is 18.0 Å². The summed E-state index contributed by atoms with van der Waals surface area (Å²) in [6, 6.07) is 8.44. The van der Waals surface area contributed by atoms with Gasteiger partial charge in [-0.25, -0.2) is 30.8 Å². The Hall–Kier alpha value is -2.80. The van der Waals surface area contributed by atoms with Gasteiger partial charge in [-0.15, -0.1) is 0 Å². The number of aryl methyl sites for hydroxylation is 1. The second kappa shape index (κ2) is 9.60. The van der Waals surface area contributed by atoms with Gasteiger partial charge in [0.05, 0.1) is 51.5 Å². The van der Waals surface area contributed by atoms with Crippen LogP contribution < -0.4 is 0 Å². The van der Waals surface area contributed by atoms with Gasteiger partial charge in [-0.3, -0.25) is 4.40 Å². The van der Waals surface area contributed by atoms with Crippen LogP contribution in [0.4, 0.5) is 0 Å². The van der Waals surface area contributed by atoms with E-state index >= 15 is 0 Å². The normalized spacial score (nSPS) is 25.4. The quantitative estimate of drug-likeness (QED) is 0.293. The second-order valence-electron chi connectivity index (χ2n) is 12.8. The Morgan fingerprint density at radius 1 is 0.976 bits per heavy atom. The van der Waals surface area contributed by atoms with Crippen LogP contribution in [0.1, 0.15) is 68.4 Å². The zero-order valence-corrected chi connectivity index (χ0v) is 25.2. The van der Waals surface area contributed by atoms with E-state index in [1.807, 2.05) is 11.3 Å². The topological polar surface area (TPSA) is 144 Å². The highest BCUT2D eigenvalue weighted by Crippen LogP contribution is 2.58. The van der Waals surface area contributed by atoms with Gasteiger partial charge in [0.25, 0.3) is 10.0 Å². The van der Waals surface area contributed by atoms with Gasteiger partial charge in [-0.05, 0) is 81.9 Å². The molecule has 2 bridgehead atoms. The van der Waals surface area contributed by atoms with Gasteiger partial charge in [-0.2, -0.15) is 0 Å². The van der Waals surface area contributed by atoms with Gasteiger partial charge >= 0.3 is 0 Å². The lowest BCUT2D eigenvalue weighted by molar-refractivity contribution is 0.0528. The Morgan fingerprint density at radius 2 is 1.64 bits per heavy atom. The van der Waals surface area contributed by atoms with Crippen LogP contribution in [-0.4, -0.2) is 69.1 Å². The van der Waals surface area contributed by atoms with Crippen LogP contribution in [0.25, 0.3) is 16.7 Å². The number of hydrogen-bond acceptors (Lipinski definition) is 8. The number of hydrogen-bond donors (Lipinski definition) is 2. The fourth-order valence-electron chi connectivity index (χ4n) is 7.27. The Labute approximate surface area is 245 Å². The predicted molar refractivity (Wildman–Crippen MR) is 158 cm³/mol. The third kappa shape index (κ3) is 4.40. The van der Waals surface area contributed by atoms with Crippen LogP contribution in [0.15, 0.2) is 47.6 Å². The summed E-state index contributed by atoms with van der Waals surface area (Å²) in [5.74, 6) is 1.07. The van der Waals surface area contributed by atoms with Crippen molar-refractivity contribution >= 4 is 36.5 Å². The summed E-state index contributed by atoms with van der Waals surface area (Å²) in [6.07, 6.45) is 8.63. The first-order valence-electron chi connectivity index (χ1n) is 14.7. The van der Waals surface area contributed by atoms with Gasteiger partial charge in [0.1, 0.15) is 5.82 Å². The fourth-order valence-corrected chi connectivity index (χ4v) is 10.9. The lowest BCUT2D eigenvalue weighted by Gasteiger charge is -2.52. The molecule has 4 fully saturated rings. The highest BCUT2D eigenvalue weighted by atomic mass is 32.2. The molecule has 4 aromatic rings. The zero-order valence-electron chi connectivity index (χ0n) is 23.6. The molecule has 42 heavy (non-hydrogen) atoms. The minimum atomic E-state index is -3.91. The van der Waals surface area contributed by atoms with Crippen molar-refractivity contribution in [3.05, 3.63) is 59.8 Å². The minimum absolute atomic E-state index is 0.134. The average Bonchev–Trinajstić information content (AvgIpc) is 3.65. The van der Waals surface area contributed by atoms with E-state index < -0.39 is 32.6 Å².